The summed E-state index contributed by atoms with van der Waals surface area (Å²) in [4.78, 5) is 17.8. The summed E-state index contributed by atoms with van der Waals surface area (Å²) < 4.78 is 95.0. The van der Waals surface area contributed by atoms with Gasteiger partial charge >= 0.3 is 21.0 Å². The highest BCUT2D eigenvalue weighted by molar-refractivity contribution is 7.39. The van der Waals surface area contributed by atoms with Crippen LogP contribution in [0.2, 0.25) is 0 Å². The van der Waals surface area contributed by atoms with Gasteiger partial charge in [-0.25, -0.2) is 0 Å². The fourth-order valence-corrected chi connectivity index (χ4v) is 4.48. The molecule has 2 aromatic carbocycles. The molecule has 1 aromatic heterocycles. The molecule has 0 fully saturated rings. The van der Waals surface area contributed by atoms with Gasteiger partial charge in [0.25, 0.3) is 0 Å². The molecule has 0 bridgehead atoms. The third-order valence-corrected chi connectivity index (χ3v) is 6.67. The van der Waals surface area contributed by atoms with Crippen LogP contribution in [0.1, 0.15) is 35.0 Å². The normalized spacial score (nSPS) is 13.1. The van der Waals surface area contributed by atoms with Crippen LogP contribution in [0.15, 0.2) is 42.5 Å². The summed E-state index contributed by atoms with van der Waals surface area (Å²) in [5.74, 6) is -0.337. The highest BCUT2D eigenvalue weighted by atomic mass is 32.1. The van der Waals surface area contributed by atoms with E-state index in [9.17, 15) is 26.3 Å². The third-order valence-electron chi connectivity index (χ3n) is 5.20. The Morgan fingerprint density at radius 1 is 0.949 bits per heavy atom. The van der Waals surface area contributed by atoms with Gasteiger partial charge < -0.3 is 29.1 Å². The second kappa shape index (κ2) is 13.7. The number of ether oxygens (including phenoxy) is 2. The number of benzene rings is 2. The molecule has 0 amide bonds. The average molecular weight is 599 g/mol. The zero-order chi connectivity index (χ0) is 28.6. The molecule has 0 saturated carbocycles. The molecule has 0 aliphatic heterocycles. The molecule has 39 heavy (non-hydrogen) atoms. The standard InChI is InChI=1S/C23H24F6N3O5PS/c1-30-18(13-37-38(33)34)21-32-31-20(39-21)14-7-8-19(17(11-14)23(27,28)29)36-10-3-2-9-35-16-6-4-5-15(12-16)22(24,25)26/h4-8,11-12,18,30,33-34H,2-3,9-10,13H2,1H3. The van der Waals surface area contributed by atoms with E-state index in [2.05, 4.69) is 15.5 Å². The van der Waals surface area contributed by atoms with Crippen molar-refractivity contribution in [3.63, 3.8) is 0 Å². The lowest BCUT2D eigenvalue weighted by atomic mass is 10.1. The minimum atomic E-state index is -4.72. The van der Waals surface area contributed by atoms with Crippen molar-refractivity contribution < 1.29 is 50.1 Å². The van der Waals surface area contributed by atoms with Gasteiger partial charge in [0, 0.05) is 5.56 Å². The van der Waals surface area contributed by atoms with Crippen LogP contribution < -0.4 is 14.8 Å². The van der Waals surface area contributed by atoms with Crippen molar-refractivity contribution in [3.05, 3.63) is 58.6 Å². The van der Waals surface area contributed by atoms with Crippen LogP contribution in [0.5, 0.6) is 11.5 Å². The number of rotatable bonds is 13. The van der Waals surface area contributed by atoms with Crippen molar-refractivity contribution in [1.82, 2.24) is 15.5 Å². The Morgan fingerprint density at radius 2 is 1.67 bits per heavy atom. The molecule has 3 aromatic rings. The summed E-state index contributed by atoms with van der Waals surface area (Å²) in [5.41, 5.74) is -1.68. The van der Waals surface area contributed by atoms with Crippen LogP contribution >= 0.6 is 19.9 Å². The van der Waals surface area contributed by atoms with Gasteiger partial charge in [-0.05, 0) is 56.3 Å². The van der Waals surface area contributed by atoms with E-state index in [1.807, 2.05) is 0 Å². The number of likely N-dealkylation sites (N-methyl/N-ethyl adjacent to an activating group) is 1. The maximum Gasteiger partial charge on any atom is 0.419 e. The van der Waals surface area contributed by atoms with E-state index in [4.69, 9.17) is 23.8 Å². The number of unbranched alkanes of at least 4 members (excludes halogenated alkanes) is 1. The Hall–Kier alpha value is -2.55. The van der Waals surface area contributed by atoms with Gasteiger partial charge in [0.05, 0.1) is 37.0 Å². The molecule has 3 rings (SSSR count). The molecule has 214 valence electrons. The van der Waals surface area contributed by atoms with E-state index in [1.54, 1.807) is 7.05 Å². The molecule has 1 unspecified atom stereocenters. The number of nitrogens with zero attached hydrogens (tertiary/aromatic N) is 2. The number of hydrogen-bond acceptors (Lipinski definition) is 9. The monoisotopic (exact) mass is 599 g/mol. The van der Waals surface area contributed by atoms with Crippen molar-refractivity contribution in [1.29, 1.82) is 0 Å². The van der Waals surface area contributed by atoms with Crippen LogP contribution in [-0.4, -0.2) is 46.9 Å². The van der Waals surface area contributed by atoms with E-state index in [1.165, 1.54) is 24.3 Å². The lowest BCUT2D eigenvalue weighted by Crippen LogP contribution is -2.20. The summed E-state index contributed by atoms with van der Waals surface area (Å²) in [5, 5.41) is 11.4. The Morgan fingerprint density at radius 3 is 2.31 bits per heavy atom. The summed E-state index contributed by atoms with van der Waals surface area (Å²) in [6, 6.07) is 7.36. The molecule has 3 N–H and O–H groups in total. The predicted molar refractivity (Wildman–Crippen MR) is 131 cm³/mol. The first-order valence-corrected chi connectivity index (χ1v) is 13.3. The smallest absolute Gasteiger partial charge is 0.419 e. The summed E-state index contributed by atoms with van der Waals surface area (Å²) in [6.07, 6.45) is -8.57. The molecule has 0 spiro atoms. The van der Waals surface area contributed by atoms with Gasteiger partial charge in [-0.15, -0.1) is 10.2 Å². The number of halogens is 6. The van der Waals surface area contributed by atoms with Crippen LogP contribution in [0, 0.1) is 0 Å². The maximum atomic E-state index is 13.8. The molecule has 0 saturated heterocycles. The lowest BCUT2D eigenvalue weighted by Gasteiger charge is -2.15. The SMILES string of the molecule is CNC(COP(O)O)c1nnc(-c2ccc(OCCCCOc3cccc(C(F)(F)F)c3)c(C(F)(F)F)c2)s1. The van der Waals surface area contributed by atoms with Crippen molar-refractivity contribution in [3.8, 4) is 22.1 Å². The first-order valence-electron chi connectivity index (χ1n) is 11.3. The van der Waals surface area contributed by atoms with Gasteiger partial charge in [0.1, 0.15) is 21.5 Å². The Bertz CT molecular complexity index is 1210. The molecule has 16 heteroatoms. The molecular weight excluding hydrogens is 575 g/mol. The quantitative estimate of drug-likeness (QED) is 0.125. The van der Waals surface area contributed by atoms with E-state index in [0.29, 0.717) is 17.8 Å². The third kappa shape index (κ3) is 9.26. The molecule has 0 radical (unpaired) electrons. The second-order valence-corrected chi connectivity index (χ2v) is 9.75. The predicted octanol–water partition coefficient (Wildman–Crippen LogP) is 5.97. The van der Waals surface area contributed by atoms with Crippen LogP contribution in [-0.2, 0) is 16.9 Å². The second-order valence-electron chi connectivity index (χ2n) is 7.97. The van der Waals surface area contributed by atoms with Crippen LogP contribution in [0.4, 0.5) is 26.3 Å². The first kappa shape index (κ1) is 31.0. The fourth-order valence-electron chi connectivity index (χ4n) is 3.26. The van der Waals surface area contributed by atoms with Crippen molar-refractivity contribution >= 4 is 19.9 Å². The Labute approximate surface area is 224 Å². The number of aromatic nitrogens is 2. The van der Waals surface area contributed by atoms with Gasteiger partial charge in [-0.3, -0.25) is 0 Å². The Balaban J connectivity index is 1.59. The fraction of sp³-hybridized carbons (Fsp3) is 0.391. The van der Waals surface area contributed by atoms with Gasteiger partial charge in [-0.1, -0.05) is 17.4 Å². The van der Waals surface area contributed by atoms with Crippen LogP contribution in [0.3, 0.4) is 0 Å². The maximum absolute atomic E-state index is 13.8. The van der Waals surface area contributed by atoms with Crippen molar-refractivity contribution in [2.75, 3.05) is 26.9 Å². The zero-order valence-electron chi connectivity index (χ0n) is 20.3. The molecule has 0 aliphatic carbocycles. The van der Waals surface area contributed by atoms with E-state index < -0.39 is 38.1 Å². The highest BCUT2D eigenvalue weighted by Crippen LogP contribution is 2.40. The van der Waals surface area contributed by atoms with Crippen molar-refractivity contribution in [2.24, 2.45) is 0 Å². The highest BCUT2D eigenvalue weighted by Gasteiger charge is 2.35. The lowest BCUT2D eigenvalue weighted by molar-refractivity contribution is -0.139. The average Bonchev–Trinajstić information content (AvgIpc) is 3.35. The summed E-state index contributed by atoms with van der Waals surface area (Å²) >= 11 is 1.02. The summed E-state index contributed by atoms with van der Waals surface area (Å²) in [6.45, 7) is -0.138. The minimum absolute atomic E-state index is 0.0425. The first-order chi connectivity index (χ1) is 18.4. The molecule has 1 heterocycles. The molecule has 1 atom stereocenters. The van der Waals surface area contributed by atoms with Gasteiger partial charge in [0.15, 0.2) is 0 Å². The van der Waals surface area contributed by atoms with E-state index in [-0.39, 0.29) is 41.9 Å². The number of hydrogen-bond donors (Lipinski definition) is 3. The molecule has 0 aliphatic rings. The van der Waals surface area contributed by atoms with Gasteiger partial charge in [-0.2, -0.15) is 26.3 Å². The van der Waals surface area contributed by atoms with Gasteiger partial charge in [0.2, 0.25) is 0 Å². The minimum Gasteiger partial charge on any atom is -0.494 e. The van der Waals surface area contributed by atoms with Crippen molar-refractivity contribution in [2.45, 2.75) is 31.2 Å². The van der Waals surface area contributed by atoms with E-state index in [0.717, 1.165) is 29.5 Å². The Kier molecular flexibility index (Phi) is 10.9. The molecular formula is C23H24F6N3O5PS. The number of nitrogens with one attached hydrogen (secondary N) is 1. The topological polar surface area (TPSA) is 106 Å². The van der Waals surface area contributed by atoms with E-state index >= 15 is 0 Å². The zero-order valence-corrected chi connectivity index (χ0v) is 22.0. The summed E-state index contributed by atoms with van der Waals surface area (Å²) in [7, 11) is -0.998. The molecule has 8 nitrogen and oxygen atoms in total. The largest absolute Gasteiger partial charge is 0.494 e. The van der Waals surface area contributed by atoms with Crippen LogP contribution in [0.25, 0.3) is 10.6 Å². The number of alkyl halides is 6.